The summed E-state index contributed by atoms with van der Waals surface area (Å²) in [6, 6.07) is -1.10. The normalized spacial score (nSPS) is 37.7. The van der Waals surface area contributed by atoms with E-state index in [1.54, 1.807) is 0 Å². The monoisotopic (exact) mass is 199 g/mol. The molecule has 0 aliphatic carbocycles. The Kier molecular flexibility index (Phi) is 2.49. The van der Waals surface area contributed by atoms with Gasteiger partial charge in [-0.2, -0.15) is 0 Å². The molecule has 0 radical (unpaired) electrons. The van der Waals surface area contributed by atoms with Gasteiger partial charge in [0.2, 0.25) is 0 Å². The Labute approximate surface area is 81.0 Å². The van der Waals surface area contributed by atoms with Gasteiger partial charge < -0.3 is 10.4 Å². The van der Waals surface area contributed by atoms with Gasteiger partial charge in [-0.05, 0) is 19.4 Å². The molecule has 2 aliphatic rings. The standard InChI is InChI=1S/C8H13N3O3/c12-6-4-2-1-3-9-7(4)11-10-5(6)8(13)14/h4-5,7,9-11H,1-3H2,(H,13,14). The zero-order valence-electron chi connectivity index (χ0n) is 7.62. The second-order valence-corrected chi connectivity index (χ2v) is 3.64. The molecule has 2 aliphatic heterocycles. The Bertz CT molecular complexity index is 269. The maximum Gasteiger partial charge on any atom is 0.329 e. The predicted octanol–water partition coefficient (Wildman–Crippen LogP) is -1.56. The number of rotatable bonds is 1. The Morgan fingerprint density at radius 2 is 2.21 bits per heavy atom. The summed E-state index contributed by atoms with van der Waals surface area (Å²) in [4.78, 5) is 22.4. The van der Waals surface area contributed by atoms with Crippen LogP contribution in [0.15, 0.2) is 0 Å². The lowest BCUT2D eigenvalue weighted by Crippen LogP contribution is -2.69. The van der Waals surface area contributed by atoms with Crippen molar-refractivity contribution in [2.75, 3.05) is 6.54 Å². The van der Waals surface area contributed by atoms with Crippen LogP contribution in [0.1, 0.15) is 12.8 Å². The Hall–Kier alpha value is -0.980. The molecular formula is C8H13N3O3. The first-order chi connectivity index (χ1) is 6.70. The molecule has 2 fully saturated rings. The molecule has 6 heteroatoms. The quantitative estimate of drug-likeness (QED) is 0.382. The van der Waals surface area contributed by atoms with E-state index in [2.05, 4.69) is 16.2 Å². The Morgan fingerprint density at radius 3 is 2.93 bits per heavy atom. The highest BCUT2D eigenvalue weighted by Crippen LogP contribution is 2.19. The van der Waals surface area contributed by atoms with E-state index in [1.807, 2.05) is 0 Å². The molecule has 2 rings (SSSR count). The first-order valence-corrected chi connectivity index (χ1v) is 4.71. The van der Waals surface area contributed by atoms with Crippen molar-refractivity contribution in [2.45, 2.75) is 25.0 Å². The van der Waals surface area contributed by atoms with Gasteiger partial charge >= 0.3 is 5.97 Å². The van der Waals surface area contributed by atoms with Gasteiger partial charge in [0.15, 0.2) is 11.8 Å². The first-order valence-electron chi connectivity index (χ1n) is 4.71. The van der Waals surface area contributed by atoms with Crippen LogP contribution >= 0.6 is 0 Å². The third kappa shape index (κ3) is 1.52. The number of fused-ring (bicyclic) bond motifs is 1. The SMILES string of the molecule is O=C(O)C1NNC2NCCCC2C1=O. The minimum Gasteiger partial charge on any atom is -0.480 e. The van der Waals surface area contributed by atoms with E-state index >= 15 is 0 Å². The van der Waals surface area contributed by atoms with E-state index in [0.717, 1.165) is 19.4 Å². The molecule has 3 atom stereocenters. The molecule has 6 nitrogen and oxygen atoms in total. The van der Waals surface area contributed by atoms with Crippen molar-refractivity contribution in [3.05, 3.63) is 0 Å². The van der Waals surface area contributed by atoms with Crippen molar-refractivity contribution in [2.24, 2.45) is 5.92 Å². The lowest BCUT2D eigenvalue weighted by molar-refractivity contribution is -0.148. The number of hydrazine groups is 1. The van der Waals surface area contributed by atoms with Crippen molar-refractivity contribution in [3.8, 4) is 0 Å². The number of aliphatic carboxylic acids is 1. The lowest BCUT2D eigenvalue weighted by Gasteiger charge is -2.38. The van der Waals surface area contributed by atoms with Crippen LogP contribution in [0, 0.1) is 5.92 Å². The summed E-state index contributed by atoms with van der Waals surface area (Å²) in [6.07, 6.45) is 1.56. The second kappa shape index (κ2) is 3.64. The molecular weight excluding hydrogens is 186 g/mol. The Morgan fingerprint density at radius 1 is 1.43 bits per heavy atom. The fourth-order valence-electron chi connectivity index (χ4n) is 1.99. The predicted molar refractivity (Wildman–Crippen MR) is 47.2 cm³/mol. The van der Waals surface area contributed by atoms with Crippen molar-refractivity contribution >= 4 is 11.8 Å². The number of carbonyl (C=O) groups is 2. The molecule has 3 unspecified atom stereocenters. The van der Waals surface area contributed by atoms with E-state index in [0.29, 0.717) is 0 Å². The topological polar surface area (TPSA) is 90.5 Å². The zero-order chi connectivity index (χ0) is 10.1. The van der Waals surface area contributed by atoms with Crippen LogP contribution < -0.4 is 16.2 Å². The van der Waals surface area contributed by atoms with Crippen LogP contribution in [0.4, 0.5) is 0 Å². The summed E-state index contributed by atoms with van der Waals surface area (Å²) in [6.45, 7) is 0.862. The van der Waals surface area contributed by atoms with Gasteiger partial charge in [0, 0.05) is 5.92 Å². The lowest BCUT2D eigenvalue weighted by atomic mass is 9.87. The number of carbonyl (C=O) groups excluding carboxylic acids is 1. The molecule has 0 saturated carbocycles. The van der Waals surface area contributed by atoms with Crippen molar-refractivity contribution < 1.29 is 14.7 Å². The van der Waals surface area contributed by atoms with Gasteiger partial charge in [-0.25, -0.2) is 15.6 Å². The molecule has 0 bridgehead atoms. The Balaban J connectivity index is 2.10. The van der Waals surface area contributed by atoms with E-state index in [4.69, 9.17) is 5.11 Å². The molecule has 0 aromatic carbocycles. The molecule has 2 saturated heterocycles. The van der Waals surface area contributed by atoms with Crippen LogP contribution in [0.3, 0.4) is 0 Å². The van der Waals surface area contributed by atoms with E-state index in [1.165, 1.54) is 0 Å². The van der Waals surface area contributed by atoms with Gasteiger partial charge in [0.25, 0.3) is 0 Å². The molecule has 0 aromatic heterocycles. The van der Waals surface area contributed by atoms with Crippen LogP contribution in [0.2, 0.25) is 0 Å². The highest BCUT2D eigenvalue weighted by molar-refractivity contribution is 6.04. The minimum atomic E-state index is -1.12. The number of hydrogen-bond acceptors (Lipinski definition) is 5. The maximum atomic E-state index is 11.7. The van der Waals surface area contributed by atoms with Crippen LogP contribution in [-0.4, -0.2) is 35.6 Å². The van der Waals surface area contributed by atoms with Crippen LogP contribution in [-0.2, 0) is 9.59 Å². The molecule has 0 aromatic rings. The summed E-state index contributed by atoms with van der Waals surface area (Å²) in [5.41, 5.74) is 5.33. The molecule has 2 heterocycles. The largest absolute Gasteiger partial charge is 0.480 e. The number of ketones is 1. The third-order valence-corrected chi connectivity index (χ3v) is 2.74. The van der Waals surface area contributed by atoms with E-state index in [-0.39, 0.29) is 17.9 Å². The maximum absolute atomic E-state index is 11.7. The zero-order valence-corrected chi connectivity index (χ0v) is 7.62. The fraction of sp³-hybridized carbons (Fsp3) is 0.750. The average Bonchev–Trinajstić information content (AvgIpc) is 2.18. The van der Waals surface area contributed by atoms with Crippen molar-refractivity contribution in [3.63, 3.8) is 0 Å². The number of hydrogen-bond donors (Lipinski definition) is 4. The summed E-state index contributed by atoms with van der Waals surface area (Å²) in [7, 11) is 0. The molecule has 14 heavy (non-hydrogen) atoms. The van der Waals surface area contributed by atoms with Crippen LogP contribution in [0.25, 0.3) is 0 Å². The molecule has 4 N–H and O–H groups in total. The summed E-state index contributed by atoms with van der Waals surface area (Å²) in [5, 5.41) is 11.9. The number of carboxylic acids is 1. The first kappa shape index (κ1) is 9.57. The van der Waals surface area contributed by atoms with Crippen molar-refractivity contribution in [1.29, 1.82) is 0 Å². The van der Waals surface area contributed by atoms with Crippen molar-refractivity contribution in [1.82, 2.24) is 16.2 Å². The van der Waals surface area contributed by atoms with Gasteiger partial charge in [-0.1, -0.05) is 0 Å². The minimum absolute atomic E-state index is 0.119. The van der Waals surface area contributed by atoms with E-state index in [9.17, 15) is 9.59 Å². The summed E-state index contributed by atoms with van der Waals surface area (Å²) < 4.78 is 0. The molecule has 0 spiro atoms. The van der Waals surface area contributed by atoms with Gasteiger partial charge in [-0.15, -0.1) is 0 Å². The third-order valence-electron chi connectivity index (χ3n) is 2.74. The summed E-state index contributed by atoms with van der Waals surface area (Å²) >= 11 is 0. The van der Waals surface area contributed by atoms with Gasteiger partial charge in [-0.3, -0.25) is 4.79 Å². The highest BCUT2D eigenvalue weighted by Gasteiger charge is 2.42. The number of piperidine rings is 1. The number of carboxylic acid groups (broad SMARTS) is 1. The average molecular weight is 199 g/mol. The van der Waals surface area contributed by atoms with Gasteiger partial charge in [0.1, 0.15) is 0 Å². The highest BCUT2D eigenvalue weighted by atomic mass is 16.4. The van der Waals surface area contributed by atoms with Gasteiger partial charge in [0.05, 0.1) is 6.17 Å². The number of Topliss-reactive ketones (excluding diaryl/α,β-unsaturated/α-hetero) is 1. The fourth-order valence-corrected chi connectivity index (χ4v) is 1.99. The van der Waals surface area contributed by atoms with E-state index < -0.39 is 12.0 Å². The molecule has 0 amide bonds. The molecule has 78 valence electrons. The van der Waals surface area contributed by atoms with Crippen LogP contribution in [0.5, 0.6) is 0 Å². The smallest absolute Gasteiger partial charge is 0.329 e. The number of nitrogens with one attached hydrogen (secondary N) is 3. The summed E-state index contributed by atoms with van der Waals surface area (Å²) in [5.74, 6) is -1.56. The second-order valence-electron chi connectivity index (χ2n) is 3.64.